The van der Waals surface area contributed by atoms with Gasteiger partial charge in [-0.2, -0.15) is 0 Å². The quantitative estimate of drug-likeness (QED) is 0.117. The van der Waals surface area contributed by atoms with Crippen LogP contribution >= 0.6 is 11.3 Å². The van der Waals surface area contributed by atoms with E-state index >= 15 is 0 Å². The van der Waals surface area contributed by atoms with Gasteiger partial charge >= 0.3 is 0 Å². The van der Waals surface area contributed by atoms with Crippen LogP contribution in [0.5, 0.6) is 0 Å². The Kier molecular flexibility index (Phi) is 12.4. The molecule has 2 aliphatic heterocycles. The van der Waals surface area contributed by atoms with E-state index in [-0.39, 0.29) is 23.0 Å². The maximum atomic E-state index is 6.72. The van der Waals surface area contributed by atoms with Gasteiger partial charge in [-0.15, -0.1) is 11.3 Å². The molecule has 0 fully saturated rings. The van der Waals surface area contributed by atoms with Gasteiger partial charge in [-0.05, 0) is 185 Å². The van der Waals surface area contributed by atoms with E-state index in [1.54, 1.807) is 0 Å². The second kappa shape index (κ2) is 20.8. The lowest BCUT2D eigenvalue weighted by Gasteiger charge is -2.44. The molecule has 5 nitrogen and oxygen atoms in total. The van der Waals surface area contributed by atoms with Gasteiger partial charge in [0.15, 0.2) is 0 Å². The van der Waals surface area contributed by atoms with Gasteiger partial charge in [0.2, 0.25) is 0 Å². The van der Waals surface area contributed by atoms with Crippen molar-refractivity contribution in [3.63, 3.8) is 0 Å². The average Bonchev–Trinajstić information content (AvgIpc) is 1.68. The van der Waals surface area contributed by atoms with Crippen molar-refractivity contribution in [3.8, 4) is 16.8 Å². The lowest BCUT2D eigenvalue weighted by molar-refractivity contribution is 0.590. The molecular formula is C90H71BN4OS. The lowest BCUT2D eigenvalue weighted by atomic mass is 9.36. The SMILES string of the molecule is CC(C)(C)c1ccc(N2c3cc(-n4c5ccccc5c5ccccc54)cc4c3B(c3ccc(N(c5ccccc5)c5cccc6oc7ccccc7c56)cc3N4c3ccc(C(C)(C)C)cc3-c3ccc4ccc5cccc6ccc3c4c56)c3sc4ccc(C(C)(C)C)cc4c32)cc1. The summed E-state index contributed by atoms with van der Waals surface area (Å²) in [6, 6.07) is 101. The number of hydrogen-bond donors (Lipinski definition) is 0. The molecule has 0 aliphatic carbocycles. The summed E-state index contributed by atoms with van der Waals surface area (Å²) in [5.74, 6) is 0. The molecule has 466 valence electrons. The van der Waals surface area contributed by atoms with Crippen molar-refractivity contribution in [2.45, 2.75) is 78.6 Å². The maximum Gasteiger partial charge on any atom is 0.264 e. The lowest BCUT2D eigenvalue weighted by Crippen LogP contribution is -2.60. The van der Waals surface area contributed by atoms with Crippen molar-refractivity contribution >= 4 is 171 Å². The number of thiophene rings is 1. The fourth-order valence-electron chi connectivity index (χ4n) is 16.4. The summed E-state index contributed by atoms with van der Waals surface area (Å²) in [7, 11) is 0. The van der Waals surface area contributed by atoms with Gasteiger partial charge in [0.1, 0.15) is 11.2 Å². The van der Waals surface area contributed by atoms with E-state index in [1.807, 2.05) is 11.3 Å². The summed E-state index contributed by atoms with van der Waals surface area (Å²) >= 11 is 1.96. The Balaban J connectivity index is 0.984. The molecule has 0 N–H and O–H groups in total. The van der Waals surface area contributed by atoms with Crippen molar-refractivity contribution in [2.75, 3.05) is 14.7 Å². The first-order chi connectivity index (χ1) is 47.0. The van der Waals surface area contributed by atoms with Crippen molar-refractivity contribution in [1.82, 2.24) is 4.57 Å². The zero-order valence-corrected chi connectivity index (χ0v) is 56.9. The van der Waals surface area contributed by atoms with Gasteiger partial charge in [0.05, 0.1) is 39.2 Å². The van der Waals surface area contributed by atoms with Crippen LogP contribution in [0.2, 0.25) is 0 Å². The Labute approximate surface area is 570 Å². The minimum atomic E-state index is -0.175. The first-order valence-corrected chi connectivity index (χ1v) is 35.0. The molecule has 0 saturated heterocycles. The molecule has 0 bridgehead atoms. The molecule has 0 radical (unpaired) electrons. The number of aromatic nitrogens is 1. The number of rotatable bonds is 7. The fourth-order valence-corrected chi connectivity index (χ4v) is 17.7. The van der Waals surface area contributed by atoms with E-state index in [1.165, 1.54) is 102 Å². The van der Waals surface area contributed by atoms with Crippen molar-refractivity contribution in [3.05, 3.63) is 284 Å². The normalized spacial score (nSPS) is 13.4. The molecule has 0 saturated carbocycles. The Morgan fingerprint density at radius 1 is 0.371 bits per heavy atom. The highest BCUT2D eigenvalue weighted by molar-refractivity contribution is 7.33. The molecule has 0 spiro atoms. The second-order valence-electron chi connectivity index (χ2n) is 30.1. The first kappa shape index (κ1) is 57.6. The summed E-state index contributed by atoms with van der Waals surface area (Å²) in [4.78, 5) is 7.82. The molecule has 19 rings (SSSR count). The van der Waals surface area contributed by atoms with E-state index in [2.05, 4.69) is 349 Å². The summed E-state index contributed by atoms with van der Waals surface area (Å²) in [5.41, 5.74) is 23.6. The number of benzene rings is 14. The predicted molar refractivity (Wildman–Crippen MR) is 417 cm³/mol. The minimum Gasteiger partial charge on any atom is -0.456 e. The molecule has 17 aromatic rings. The van der Waals surface area contributed by atoms with Crippen LogP contribution in [-0.2, 0) is 16.2 Å². The van der Waals surface area contributed by atoms with Gasteiger partial charge < -0.3 is 23.7 Å². The Morgan fingerprint density at radius 2 is 0.969 bits per heavy atom. The van der Waals surface area contributed by atoms with E-state index in [4.69, 9.17) is 4.42 Å². The Bertz CT molecular complexity index is 6040. The average molecular weight is 1270 g/mol. The molecular weight excluding hydrogens is 1200 g/mol. The zero-order valence-electron chi connectivity index (χ0n) is 56.1. The van der Waals surface area contributed by atoms with Crippen LogP contribution in [0.25, 0.3) is 103 Å². The number of furan rings is 1. The molecule has 97 heavy (non-hydrogen) atoms. The third-order valence-corrected chi connectivity index (χ3v) is 22.4. The van der Waals surface area contributed by atoms with Crippen LogP contribution in [0.1, 0.15) is 79.0 Å². The number of nitrogens with zero attached hydrogens (tertiary/aromatic N) is 4. The van der Waals surface area contributed by atoms with E-state index in [0.717, 1.165) is 84.2 Å². The molecule has 0 amide bonds. The highest BCUT2D eigenvalue weighted by Gasteiger charge is 2.47. The minimum absolute atomic E-state index is 0.0457. The van der Waals surface area contributed by atoms with Crippen LogP contribution in [0.3, 0.4) is 0 Å². The third-order valence-electron chi connectivity index (χ3n) is 21.1. The molecule has 14 aromatic carbocycles. The predicted octanol–water partition coefficient (Wildman–Crippen LogP) is 23.9. The van der Waals surface area contributed by atoms with Crippen LogP contribution in [0.4, 0.5) is 51.2 Å². The van der Waals surface area contributed by atoms with Gasteiger partial charge in [0.25, 0.3) is 6.71 Å². The number of para-hydroxylation sites is 4. The standard InChI is InChI=1S/C90H71BN4OS/c1-88(2,3)57-37-41-61(42-38-57)94-77-52-63(93-72-28-16-13-25-65(72)66-26-14-17-29-73(66)93)53-78-85(77)91(87-86(94)70-50-59(90(7,8)9)40-48-81(70)97-87)71-46-43-62(92(60-23-11-10-12-24-60)75-30-20-32-80-84(75)68-27-15-18-31-79(68)96-80)51-76(71)95(78)74-47-39-58(89(4,5)6)49-69(74)64-44-35-56-34-33-54-21-19-22-55-36-45-67(64)83(56)82(54)55/h10-53H,1-9H3. The van der Waals surface area contributed by atoms with Crippen LogP contribution < -0.4 is 30.4 Å². The number of hydrogen-bond acceptors (Lipinski definition) is 5. The highest BCUT2D eigenvalue weighted by Crippen LogP contribution is 2.54. The summed E-state index contributed by atoms with van der Waals surface area (Å²) in [5, 5.41) is 13.5. The smallest absolute Gasteiger partial charge is 0.264 e. The number of fused-ring (bicyclic) bond motifs is 12. The van der Waals surface area contributed by atoms with Gasteiger partial charge in [-0.3, -0.25) is 0 Å². The molecule has 3 aromatic heterocycles. The largest absolute Gasteiger partial charge is 0.456 e. The van der Waals surface area contributed by atoms with Gasteiger partial charge in [-0.25, -0.2) is 0 Å². The Hall–Kier alpha value is -10.9. The second-order valence-corrected chi connectivity index (χ2v) is 31.1. The topological polar surface area (TPSA) is 27.8 Å². The van der Waals surface area contributed by atoms with Crippen molar-refractivity contribution in [1.29, 1.82) is 0 Å². The van der Waals surface area contributed by atoms with Crippen LogP contribution in [0.15, 0.2) is 271 Å². The fraction of sp³-hybridized carbons (Fsp3) is 0.133. The molecule has 0 atom stereocenters. The van der Waals surface area contributed by atoms with Gasteiger partial charge in [-0.1, -0.05) is 226 Å². The van der Waals surface area contributed by atoms with Crippen molar-refractivity contribution in [2.24, 2.45) is 0 Å². The van der Waals surface area contributed by atoms with Crippen LogP contribution in [-0.4, -0.2) is 11.3 Å². The van der Waals surface area contributed by atoms with E-state index < -0.39 is 0 Å². The Morgan fingerprint density at radius 3 is 1.69 bits per heavy atom. The summed E-state index contributed by atoms with van der Waals surface area (Å²) in [6.07, 6.45) is 0. The van der Waals surface area contributed by atoms with Crippen LogP contribution in [0, 0.1) is 0 Å². The molecule has 5 heterocycles. The van der Waals surface area contributed by atoms with E-state index in [9.17, 15) is 0 Å². The third kappa shape index (κ3) is 8.70. The zero-order chi connectivity index (χ0) is 65.5. The molecule has 7 heteroatoms. The van der Waals surface area contributed by atoms with Crippen molar-refractivity contribution < 1.29 is 4.42 Å². The molecule has 0 unspecified atom stereocenters. The van der Waals surface area contributed by atoms with E-state index in [0.29, 0.717) is 0 Å². The monoisotopic (exact) mass is 1270 g/mol. The highest BCUT2D eigenvalue weighted by atomic mass is 32.1. The summed E-state index contributed by atoms with van der Waals surface area (Å²) in [6.45, 7) is 20.9. The number of anilines is 9. The first-order valence-electron chi connectivity index (χ1n) is 34.2. The summed E-state index contributed by atoms with van der Waals surface area (Å²) < 4.78 is 11.9. The molecule has 2 aliphatic rings. The van der Waals surface area contributed by atoms with Gasteiger partial charge in [0, 0.05) is 70.7 Å². The maximum absolute atomic E-state index is 6.72.